The molecule has 0 radical (unpaired) electrons. The van der Waals surface area contributed by atoms with Crippen LogP contribution in [0.15, 0.2) is 12.4 Å². The van der Waals surface area contributed by atoms with E-state index in [-0.39, 0.29) is 6.10 Å². The Morgan fingerprint density at radius 2 is 2.42 bits per heavy atom. The van der Waals surface area contributed by atoms with E-state index in [9.17, 15) is 0 Å². The second-order valence-corrected chi connectivity index (χ2v) is 4.70. The van der Waals surface area contributed by atoms with Crippen molar-refractivity contribution in [3.05, 3.63) is 18.0 Å². The van der Waals surface area contributed by atoms with Crippen molar-refractivity contribution in [3.8, 4) is 5.88 Å². The summed E-state index contributed by atoms with van der Waals surface area (Å²) in [4.78, 5) is 8.90. The summed E-state index contributed by atoms with van der Waals surface area (Å²) in [6.07, 6.45) is 4.74. The largest absolute Gasteiger partial charge is 0.480 e. The van der Waals surface area contributed by atoms with E-state index in [1.165, 1.54) is 0 Å². The molecule has 3 rings (SSSR count). The molecule has 3 heterocycles. The van der Waals surface area contributed by atoms with Crippen molar-refractivity contribution >= 4 is 11.2 Å². The van der Waals surface area contributed by atoms with Crippen LogP contribution < -0.4 is 10.1 Å². The first-order valence-electron chi connectivity index (χ1n) is 6.48. The summed E-state index contributed by atoms with van der Waals surface area (Å²) in [7, 11) is 3.57. The van der Waals surface area contributed by atoms with Crippen molar-refractivity contribution in [1.29, 1.82) is 0 Å². The average molecular weight is 262 g/mol. The normalized spacial score (nSPS) is 20.4. The number of nitrogens with zero attached hydrogens (tertiary/aromatic N) is 3. The summed E-state index contributed by atoms with van der Waals surface area (Å²) in [6, 6.07) is 0. The quantitative estimate of drug-likeness (QED) is 0.876. The topological polar surface area (TPSA) is 61.2 Å². The first-order chi connectivity index (χ1) is 9.29. The molecule has 0 saturated carbocycles. The minimum Gasteiger partial charge on any atom is -0.480 e. The number of fused-ring (bicyclic) bond motifs is 1. The number of aromatic nitrogens is 3. The summed E-state index contributed by atoms with van der Waals surface area (Å²) < 4.78 is 13.0. The molecule has 1 atom stereocenters. The smallest absolute Gasteiger partial charge is 0.232 e. The van der Waals surface area contributed by atoms with Crippen molar-refractivity contribution in [2.45, 2.75) is 12.5 Å². The molecular formula is C13H18N4O2. The van der Waals surface area contributed by atoms with Gasteiger partial charge in [-0.05, 0) is 13.0 Å². The molecule has 0 aliphatic carbocycles. The molecule has 2 aromatic rings. The van der Waals surface area contributed by atoms with Crippen LogP contribution in [0.4, 0.5) is 0 Å². The van der Waals surface area contributed by atoms with E-state index in [0.29, 0.717) is 5.88 Å². The number of hydrogen-bond acceptors (Lipinski definition) is 5. The maximum atomic E-state index is 5.90. The minimum absolute atomic E-state index is 0.0209. The van der Waals surface area contributed by atoms with Gasteiger partial charge >= 0.3 is 0 Å². The number of hydrogen-bond donors (Lipinski definition) is 1. The van der Waals surface area contributed by atoms with Crippen LogP contribution in [0.5, 0.6) is 5.88 Å². The number of nitrogens with one attached hydrogen (secondary N) is 1. The van der Waals surface area contributed by atoms with Crippen LogP contribution in [0.2, 0.25) is 0 Å². The Morgan fingerprint density at radius 1 is 1.53 bits per heavy atom. The highest BCUT2D eigenvalue weighted by Gasteiger charge is 2.21. The van der Waals surface area contributed by atoms with Gasteiger partial charge in [-0.3, -0.25) is 0 Å². The van der Waals surface area contributed by atoms with Gasteiger partial charge < -0.3 is 19.4 Å². The highest BCUT2D eigenvalue weighted by atomic mass is 16.5. The van der Waals surface area contributed by atoms with Gasteiger partial charge in [0, 0.05) is 32.0 Å². The van der Waals surface area contributed by atoms with Crippen LogP contribution in [0.3, 0.4) is 0 Å². The van der Waals surface area contributed by atoms with Gasteiger partial charge in [-0.25, -0.2) is 9.97 Å². The Morgan fingerprint density at radius 3 is 3.26 bits per heavy atom. The van der Waals surface area contributed by atoms with Crippen molar-refractivity contribution in [1.82, 2.24) is 19.9 Å². The average Bonchev–Trinajstić information content (AvgIpc) is 2.64. The predicted octanol–water partition coefficient (Wildman–Crippen LogP) is 1.03. The Kier molecular flexibility index (Phi) is 3.35. The lowest BCUT2D eigenvalue weighted by molar-refractivity contribution is 0.0676. The molecule has 0 aromatic carbocycles. The zero-order valence-electron chi connectivity index (χ0n) is 11.2. The van der Waals surface area contributed by atoms with E-state index < -0.39 is 0 Å². The molecular weight excluding hydrogens is 244 g/mol. The molecule has 102 valence electrons. The zero-order valence-corrected chi connectivity index (χ0v) is 11.2. The monoisotopic (exact) mass is 262 g/mol. The third-order valence-electron chi connectivity index (χ3n) is 3.37. The van der Waals surface area contributed by atoms with Crippen LogP contribution in [-0.2, 0) is 11.8 Å². The van der Waals surface area contributed by atoms with Gasteiger partial charge in [-0.2, -0.15) is 0 Å². The molecule has 1 aliphatic heterocycles. The first kappa shape index (κ1) is 12.4. The summed E-state index contributed by atoms with van der Waals surface area (Å²) >= 11 is 0. The number of methoxy groups -OCH3 is 1. The maximum absolute atomic E-state index is 5.90. The lowest BCUT2D eigenvalue weighted by Gasteiger charge is -2.13. The highest BCUT2D eigenvalue weighted by Crippen LogP contribution is 2.27. The molecule has 1 N–H and O–H groups in total. The molecule has 1 aliphatic rings. The summed E-state index contributed by atoms with van der Waals surface area (Å²) in [5, 5.41) is 3.38. The fraction of sp³-hybridized carbons (Fsp3) is 0.538. The standard InChI is InChI=1S/C13H18N4O2/c1-17-8-9(10-6-14-4-3-5-19-10)12-13(17)15-7-11(16-12)18-2/h7-8,10,14H,3-6H2,1-2H3. The van der Waals surface area contributed by atoms with Gasteiger partial charge in [0.1, 0.15) is 5.52 Å². The van der Waals surface area contributed by atoms with Crippen LogP contribution in [0.25, 0.3) is 11.2 Å². The van der Waals surface area contributed by atoms with E-state index in [1.54, 1.807) is 13.3 Å². The fourth-order valence-corrected chi connectivity index (χ4v) is 2.40. The van der Waals surface area contributed by atoms with Crippen LogP contribution >= 0.6 is 0 Å². The molecule has 0 bridgehead atoms. The number of ether oxygens (including phenoxy) is 2. The van der Waals surface area contributed by atoms with Crippen molar-refractivity contribution in [2.75, 3.05) is 26.8 Å². The van der Waals surface area contributed by atoms with Gasteiger partial charge in [0.2, 0.25) is 5.88 Å². The van der Waals surface area contributed by atoms with E-state index in [4.69, 9.17) is 9.47 Å². The van der Waals surface area contributed by atoms with Gasteiger partial charge in [-0.1, -0.05) is 0 Å². The molecule has 2 aromatic heterocycles. The molecule has 1 unspecified atom stereocenters. The lowest BCUT2D eigenvalue weighted by Crippen LogP contribution is -2.20. The molecule has 1 fully saturated rings. The SMILES string of the molecule is COc1cnc2c(n1)c(C1CNCCCO1)cn2C. The lowest BCUT2D eigenvalue weighted by atomic mass is 10.1. The number of aryl methyl sites for hydroxylation is 1. The third kappa shape index (κ3) is 2.29. The van der Waals surface area contributed by atoms with Crippen LogP contribution in [0, 0.1) is 0 Å². The van der Waals surface area contributed by atoms with Gasteiger partial charge in [0.15, 0.2) is 5.65 Å². The molecule has 1 saturated heterocycles. The van der Waals surface area contributed by atoms with Crippen LogP contribution in [-0.4, -0.2) is 41.3 Å². The number of rotatable bonds is 2. The Hall–Kier alpha value is -1.66. The summed E-state index contributed by atoms with van der Waals surface area (Å²) in [6.45, 7) is 2.57. The van der Waals surface area contributed by atoms with Crippen molar-refractivity contribution in [2.24, 2.45) is 7.05 Å². The maximum Gasteiger partial charge on any atom is 0.232 e. The Bertz CT molecular complexity index is 573. The second-order valence-electron chi connectivity index (χ2n) is 4.70. The molecule has 6 nitrogen and oxygen atoms in total. The van der Waals surface area contributed by atoms with Crippen molar-refractivity contribution < 1.29 is 9.47 Å². The van der Waals surface area contributed by atoms with E-state index in [2.05, 4.69) is 15.3 Å². The first-order valence-corrected chi connectivity index (χ1v) is 6.48. The Balaban J connectivity index is 2.06. The highest BCUT2D eigenvalue weighted by molar-refractivity contribution is 5.76. The van der Waals surface area contributed by atoms with Crippen molar-refractivity contribution in [3.63, 3.8) is 0 Å². The zero-order chi connectivity index (χ0) is 13.2. The molecule has 0 amide bonds. The molecule has 19 heavy (non-hydrogen) atoms. The summed E-state index contributed by atoms with van der Waals surface area (Å²) in [5.41, 5.74) is 2.78. The van der Waals surface area contributed by atoms with Gasteiger partial charge in [0.25, 0.3) is 0 Å². The minimum atomic E-state index is 0.0209. The predicted molar refractivity (Wildman–Crippen MR) is 71.2 cm³/mol. The van der Waals surface area contributed by atoms with E-state index >= 15 is 0 Å². The Labute approximate surface area is 111 Å². The van der Waals surface area contributed by atoms with Crippen LogP contribution in [0.1, 0.15) is 18.1 Å². The molecule has 0 spiro atoms. The molecule has 6 heteroatoms. The van der Waals surface area contributed by atoms with E-state index in [1.807, 2.05) is 17.8 Å². The fourth-order valence-electron chi connectivity index (χ4n) is 2.40. The summed E-state index contributed by atoms with van der Waals surface area (Å²) in [5.74, 6) is 0.529. The third-order valence-corrected chi connectivity index (χ3v) is 3.37. The van der Waals surface area contributed by atoms with E-state index in [0.717, 1.165) is 42.8 Å². The second kappa shape index (κ2) is 5.14. The van der Waals surface area contributed by atoms with Gasteiger partial charge in [-0.15, -0.1) is 0 Å². The van der Waals surface area contributed by atoms with Gasteiger partial charge in [0.05, 0.1) is 19.4 Å².